The molecule has 1 N–H and O–H groups in total. The van der Waals surface area contributed by atoms with Crippen molar-refractivity contribution in [3.05, 3.63) is 23.8 Å². The molecule has 0 aromatic heterocycles. The van der Waals surface area contributed by atoms with Gasteiger partial charge >= 0.3 is 5.97 Å². The molecule has 114 valence electrons. The summed E-state index contributed by atoms with van der Waals surface area (Å²) in [6, 6.07) is 0. The zero-order valence-corrected chi connectivity index (χ0v) is 13.8. The van der Waals surface area contributed by atoms with Gasteiger partial charge in [0.15, 0.2) is 0 Å². The van der Waals surface area contributed by atoms with Crippen LogP contribution in [0.15, 0.2) is 23.8 Å². The minimum absolute atomic E-state index is 0.0365. The zero-order chi connectivity index (χ0) is 15.8. The van der Waals surface area contributed by atoms with Gasteiger partial charge in [-0.2, -0.15) is 0 Å². The Kier molecular flexibility index (Phi) is 4.55. The molecule has 0 saturated carbocycles. The highest BCUT2D eigenvalue weighted by molar-refractivity contribution is 5.66. The molecule has 0 fully saturated rings. The summed E-state index contributed by atoms with van der Waals surface area (Å²) in [5.74, 6) is -0.325. The Bertz CT molecular complexity index is 432. The number of carbonyl (C=O) groups is 1. The fourth-order valence-electron chi connectivity index (χ4n) is 2.64. The number of hydrogen-bond acceptors (Lipinski definition) is 3. The molecule has 0 aliphatic heterocycles. The monoisotopic (exact) mass is 280 g/mol. The highest BCUT2D eigenvalue weighted by Gasteiger charge is 2.49. The minimum atomic E-state index is -0.912. The van der Waals surface area contributed by atoms with E-state index in [-0.39, 0.29) is 29.3 Å². The molecule has 0 heterocycles. The van der Waals surface area contributed by atoms with Gasteiger partial charge in [-0.1, -0.05) is 59.8 Å². The van der Waals surface area contributed by atoms with Crippen molar-refractivity contribution < 1.29 is 14.6 Å². The van der Waals surface area contributed by atoms with Crippen molar-refractivity contribution in [1.82, 2.24) is 0 Å². The van der Waals surface area contributed by atoms with Gasteiger partial charge in [0.2, 0.25) is 0 Å². The average Bonchev–Trinajstić information content (AvgIpc) is 2.24. The number of carbonyl (C=O) groups excluding carboxylic acids is 1. The Hall–Kier alpha value is -1.09. The van der Waals surface area contributed by atoms with Crippen LogP contribution in [0.4, 0.5) is 0 Å². The molecule has 3 heteroatoms. The van der Waals surface area contributed by atoms with Crippen molar-refractivity contribution in [1.29, 1.82) is 0 Å². The minimum Gasteiger partial charge on any atom is -0.461 e. The second kappa shape index (κ2) is 5.36. The SMILES string of the molecule is CC(=O)OCC1=CC(C(C)(C)C)C(O)(C(C)(C)C)C=C1. The average molecular weight is 280 g/mol. The first kappa shape index (κ1) is 17.0. The molecule has 0 bridgehead atoms. The van der Waals surface area contributed by atoms with E-state index in [1.54, 1.807) is 0 Å². The number of hydrogen-bond donors (Lipinski definition) is 1. The van der Waals surface area contributed by atoms with Crippen LogP contribution in [-0.4, -0.2) is 23.3 Å². The second-order valence-corrected chi connectivity index (χ2v) is 7.77. The molecule has 0 spiro atoms. The molecule has 1 aliphatic carbocycles. The lowest BCUT2D eigenvalue weighted by atomic mass is 9.59. The summed E-state index contributed by atoms with van der Waals surface area (Å²) in [7, 11) is 0. The molecule has 2 unspecified atom stereocenters. The third-order valence-electron chi connectivity index (χ3n) is 3.98. The predicted octanol–water partition coefficient (Wildman–Crippen LogP) is 3.49. The number of rotatable bonds is 2. The molecule has 3 nitrogen and oxygen atoms in total. The molecular formula is C17H28O3. The molecule has 20 heavy (non-hydrogen) atoms. The number of aliphatic hydroxyl groups is 1. The topological polar surface area (TPSA) is 46.5 Å². The van der Waals surface area contributed by atoms with Crippen molar-refractivity contribution >= 4 is 5.97 Å². The van der Waals surface area contributed by atoms with Crippen molar-refractivity contribution in [2.75, 3.05) is 6.61 Å². The number of ether oxygens (including phenoxy) is 1. The van der Waals surface area contributed by atoms with Gasteiger partial charge in [0, 0.05) is 12.8 Å². The van der Waals surface area contributed by atoms with E-state index in [9.17, 15) is 9.90 Å². The first-order valence-electron chi connectivity index (χ1n) is 7.13. The molecule has 0 aromatic carbocycles. The van der Waals surface area contributed by atoms with Crippen LogP contribution in [0, 0.1) is 16.7 Å². The summed E-state index contributed by atoms with van der Waals surface area (Å²) in [5.41, 5.74) is -0.335. The fraction of sp³-hybridized carbons (Fsp3) is 0.706. The van der Waals surface area contributed by atoms with Crippen molar-refractivity contribution in [2.45, 2.75) is 54.1 Å². The van der Waals surface area contributed by atoms with E-state index in [0.29, 0.717) is 0 Å². The molecular weight excluding hydrogens is 252 g/mol. The second-order valence-electron chi connectivity index (χ2n) is 7.77. The Balaban J connectivity index is 3.12. The van der Waals surface area contributed by atoms with Gasteiger partial charge < -0.3 is 9.84 Å². The molecule has 2 atom stereocenters. The van der Waals surface area contributed by atoms with Gasteiger partial charge in [0.25, 0.3) is 0 Å². The zero-order valence-electron chi connectivity index (χ0n) is 13.8. The molecule has 0 radical (unpaired) electrons. The molecule has 1 rings (SSSR count). The normalized spacial score (nSPS) is 27.2. The van der Waals surface area contributed by atoms with Crippen LogP contribution in [0.25, 0.3) is 0 Å². The van der Waals surface area contributed by atoms with Crippen LogP contribution >= 0.6 is 0 Å². The molecule has 0 saturated heterocycles. The van der Waals surface area contributed by atoms with E-state index in [1.165, 1.54) is 6.92 Å². The van der Waals surface area contributed by atoms with E-state index >= 15 is 0 Å². The maximum Gasteiger partial charge on any atom is 0.302 e. The van der Waals surface area contributed by atoms with Gasteiger partial charge in [-0.15, -0.1) is 0 Å². The lowest BCUT2D eigenvalue weighted by molar-refractivity contribution is -0.139. The van der Waals surface area contributed by atoms with Crippen molar-refractivity contribution in [3.8, 4) is 0 Å². The van der Waals surface area contributed by atoms with Crippen molar-refractivity contribution in [2.24, 2.45) is 16.7 Å². The van der Waals surface area contributed by atoms with Gasteiger partial charge in [-0.3, -0.25) is 4.79 Å². The van der Waals surface area contributed by atoms with E-state index in [0.717, 1.165) is 5.57 Å². The first-order chi connectivity index (χ1) is 8.88. The summed E-state index contributed by atoms with van der Waals surface area (Å²) in [6.45, 7) is 14.1. The maximum absolute atomic E-state index is 11.2. The van der Waals surface area contributed by atoms with E-state index in [1.807, 2.05) is 39.0 Å². The van der Waals surface area contributed by atoms with Crippen LogP contribution in [0.1, 0.15) is 48.5 Å². The molecule has 1 aliphatic rings. The van der Waals surface area contributed by atoms with Gasteiger partial charge in [-0.05, 0) is 16.4 Å². The predicted molar refractivity (Wildman–Crippen MR) is 81.2 cm³/mol. The lowest BCUT2D eigenvalue weighted by Crippen LogP contribution is -2.52. The van der Waals surface area contributed by atoms with Crippen LogP contribution < -0.4 is 0 Å². The van der Waals surface area contributed by atoms with Crippen LogP contribution in [0.2, 0.25) is 0 Å². The standard InChI is InChI=1S/C17H28O3/c1-12(18)20-11-13-8-9-17(19,16(5,6)7)14(10-13)15(2,3)4/h8-10,14,19H,11H2,1-7H3. The summed E-state index contributed by atoms with van der Waals surface area (Å²) in [4.78, 5) is 10.9. The van der Waals surface area contributed by atoms with E-state index < -0.39 is 5.60 Å². The van der Waals surface area contributed by atoms with Crippen LogP contribution in [0.5, 0.6) is 0 Å². The van der Waals surface area contributed by atoms with Gasteiger partial charge in [0.1, 0.15) is 6.61 Å². The van der Waals surface area contributed by atoms with Gasteiger partial charge in [0.05, 0.1) is 5.60 Å². The van der Waals surface area contributed by atoms with Crippen LogP contribution in [-0.2, 0) is 9.53 Å². The Morgan fingerprint density at radius 2 is 1.85 bits per heavy atom. The summed E-state index contributed by atoms with van der Waals surface area (Å²) in [6.07, 6.45) is 5.78. The third kappa shape index (κ3) is 3.51. The fourth-order valence-corrected chi connectivity index (χ4v) is 2.64. The largest absolute Gasteiger partial charge is 0.461 e. The van der Waals surface area contributed by atoms with E-state index in [4.69, 9.17) is 4.74 Å². The van der Waals surface area contributed by atoms with Crippen molar-refractivity contribution in [3.63, 3.8) is 0 Å². The molecule has 0 aromatic rings. The lowest BCUT2D eigenvalue weighted by Gasteiger charge is -2.49. The summed E-state index contributed by atoms with van der Waals surface area (Å²) < 4.78 is 5.06. The third-order valence-corrected chi connectivity index (χ3v) is 3.98. The highest BCUT2D eigenvalue weighted by atomic mass is 16.5. The van der Waals surface area contributed by atoms with Crippen LogP contribution in [0.3, 0.4) is 0 Å². The van der Waals surface area contributed by atoms with E-state index in [2.05, 4.69) is 20.8 Å². The first-order valence-corrected chi connectivity index (χ1v) is 7.13. The van der Waals surface area contributed by atoms with Gasteiger partial charge in [-0.25, -0.2) is 0 Å². The number of esters is 1. The highest BCUT2D eigenvalue weighted by Crippen LogP contribution is 2.48. The Morgan fingerprint density at radius 3 is 2.25 bits per heavy atom. The quantitative estimate of drug-likeness (QED) is 0.788. The summed E-state index contributed by atoms with van der Waals surface area (Å²) >= 11 is 0. The Morgan fingerprint density at radius 1 is 1.30 bits per heavy atom. The smallest absolute Gasteiger partial charge is 0.302 e. The maximum atomic E-state index is 11.2. The summed E-state index contributed by atoms with van der Waals surface area (Å²) in [5, 5.41) is 11.2. The Labute approximate surface area is 122 Å². The molecule has 0 amide bonds.